The quantitative estimate of drug-likeness (QED) is 0.104. The van der Waals surface area contributed by atoms with Gasteiger partial charge in [-0.1, -0.05) is 84.0 Å². The van der Waals surface area contributed by atoms with Gasteiger partial charge in [-0.25, -0.2) is 19.5 Å². The average Bonchev–Trinajstić information content (AvgIpc) is 3.47. The number of carbonyl (C=O) groups is 1. The molecule has 0 saturated carbocycles. The van der Waals surface area contributed by atoms with Gasteiger partial charge in [-0.3, -0.25) is 18.8 Å². The van der Waals surface area contributed by atoms with E-state index >= 15 is 0 Å². The third kappa shape index (κ3) is 9.74. The second kappa shape index (κ2) is 16.3. The predicted octanol–water partition coefficient (Wildman–Crippen LogP) is 4.17. The zero-order valence-electron chi connectivity index (χ0n) is 23.3. The summed E-state index contributed by atoms with van der Waals surface area (Å²) in [4.78, 5) is 34.0. The highest BCUT2D eigenvalue weighted by atomic mass is 31.2. The van der Waals surface area contributed by atoms with Crippen LogP contribution in [0.2, 0.25) is 0 Å². The molecule has 1 unspecified atom stereocenters. The van der Waals surface area contributed by atoms with Crippen molar-refractivity contribution in [3.05, 3.63) is 12.7 Å². The number of unbranched alkanes of at least 4 members (excludes halogenated alkanes) is 12. The summed E-state index contributed by atoms with van der Waals surface area (Å²) in [5.41, 5.74) is 6.35. The zero-order chi connectivity index (χ0) is 29.0. The molecule has 2 aromatic rings. The van der Waals surface area contributed by atoms with Crippen LogP contribution in [-0.2, 0) is 23.1 Å². The number of nitrogens with two attached hydrogens (primary N) is 1. The standard InChI is InChI=1S/C26H44N5O8P/c1-2-3-4-5-6-7-8-9-10-11-12-13-14-15-20(32)39-40(35,36)37-16-19-22(33)23(34)26(38-19)31-18-30-21-24(27)28-17-29-25(21)31/h17-19,22-23,26,33-34H,2-16H2,1H3,(H,35,36)(H2,27,28,29)/t19-,22-,23-,26-/m1/s1/i20+1. The Morgan fingerprint density at radius 1 is 0.975 bits per heavy atom. The van der Waals surface area contributed by atoms with Crippen molar-refractivity contribution in [1.29, 1.82) is 0 Å². The number of aliphatic hydroxyl groups is 2. The molecule has 5 atom stereocenters. The van der Waals surface area contributed by atoms with Crippen LogP contribution in [-0.4, -0.2) is 65.5 Å². The van der Waals surface area contributed by atoms with Gasteiger partial charge in [0.05, 0.1) is 12.9 Å². The van der Waals surface area contributed by atoms with Gasteiger partial charge in [0.25, 0.3) is 0 Å². The lowest BCUT2D eigenvalue weighted by Gasteiger charge is -2.17. The van der Waals surface area contributed by atoms with Crippen molar-refractivity contribution in [1.82, 2.24) is 19.5 Å². The van der Waals surface area contributed by atoms with Gasteiger partial charge in [-0.2, -0.15) is 0 Å². The monoisotopic (exact) mass is 586 g/mol. The summed E-state index contributed by atoms with van der Waals surface area (Å²) in [6, 6.07) is 0. The molecular formula is C26H44N5O8P. The van der Waals surface area contributed by atoms with E-state index in [9.17, 15) is 24.5 Å². The molecule has 1 aliphatic heterocycles. The molecule has 3 rings (SSSR count). The number of nitrogens with zero attached hydrogens (tertiary/aromatic N) is 4. The van der Waals surface area contributed by atoms with Crippen LogP contribution in [0.15, 0.2) is 12.7 Å². The highest BCUT2D eigenvalue weighted by molar-refractivity contribution is 7.48. The van der Waals surface area contributed by atoms with Crippen molar-refractivity contribution < 1.29 is 38.3 Å². The van der Waals surface area contributed by atoms with Crippen molar-refractivity contribution in [2.45, 2.75) is 121 Å². The summed E-state index contributed by atoms with van der Waals surface area (Å²) >= 11 is 0. The van der Waals surface area contributed by atoms with E-state index in [2.05, 4.69) is 26.4 Å². The number of aliphatic hydroxyl groups excluding tert-OH is 2. The maximum Gasteiger partial charge on any atom is 0.529 e. The SMILES string of the molecule is CCCCCCCCCCCCCCC[13C](=O)OP(=O)(O)OC[C@H]1O[C@@H](n2cnc3c(N)ncnc32)[C@H](O)[C@@H]1O. The zero-order valence-corrected chi connectivity index (χ0v) is 24.2. The number of aromatic nitrogens is 4. The average molecular weight is 587 g/mol. The van der Waals surface area contributed by atoms with E-state index in [4.69, 9.17) is 15.0 Å². The third-order valence-electron chi connectivity index (χ3n) is 7.10. The number of nitrogen functional groups attached to an aromatic ring is 1. The molecule has 0 aromatic carbocycles. The Morgan fingerprint density at radius 2 is 1.57 bits per heavy atom. The fourth-order valence-electron chi connectivity index (χ4n) is 4.81. The summed E-state index contributed by atoms with van der Waals surface area (Å²) in [7, 11) is -4.74. The Bertz CT molecular complexity index is 1100. The first-order valence-corrected chi connectivity index (χ1v) is 15.9. The maximum atomic E-state index is 12.3. The van der Waals surface area contributed by atoms with Crippen molar-refractivity contribution in [2.75, 3.05) is 12.3 Å². The number of anilines is 1. The molecule has 3 heterocycles. The lowest BCUT2D eigenvalue weighted by molar-refractivity contribution is -0.136. The third-order valence-corrected chi connectivity index (χ3v) is 8.01. The van der Waals surface area contributed by atoms with Crippen LogP contribution in [0, 0.1) is 0 Å². The number of phosphoric ester groups is 1. The second-order valence-corrected chi connectivity index (χ2v) is 11.7. The Kier molecular flexibility index (Phi) is 13.2. The number of ether oxygens (including phenoxy) is 1. The number of imidazole rings is 1. The van der Waals surface area contributed by atoms with Crippen LogP contribution < -0.4 is 5.73 Å². The van der Waals surface area contributed by atoms with E-state index in [1.54, 1.807) is 0 Å². The molecule has 0 bridgehead atoms. The van der Waals surface area contributed by atoms with E-state index < -0.39 is 44.9 Å². The minimum Gasteiger partial charge on any atom is -0.387 e. The fourth-order valence-corrected chi connectivity index (χ4v) is 5.54. The Morgan fingerprint density at radius 3 is 2.20 bits per heavy atom. The molecule has 1 saturated heterocycles. The molecule has 1 aliphatic rings. The summed E-state index contributed by atoms with van der Waals surface area (Å²) in [6.07, 6.45) is 12.5. The molecule has 0 spiro atoms. The van der Waals surface area contributed by atoms with Gasteiger partial charge < -0.3 is 25.2 Å². The summed E-state index contributed by atoms with van der Waals surface area (Å²) in [5.74, 6) is -0.694. The molecule has 0 radical (unpaired) electrons. The van der Waals surface area contributed by atoms with Crippen LogP contribution >= 0.6 is 7.82 Å². The topological polar surface area (TPSA) is 192 Å². The highest BCUT2D eigenvalue weighted by Crippen LogP contribution is 2.45. The molecule has 2 aromatic heterocycles. The molecule has 1 fully saturated rings. The number of carbonyl (C=O) groups excluding carboxylic acids is 1. The molecule has 14 heteroatoms. The normalized spacial score (nSPS) is 22.5. The van der Waals surface area contributed by atoms with Gasteiger partial charge in [0.2, 0.25) is 0 Å². The molecule has 13 nitrogen and oxygen atoms in total. The van der Waals surface area contributed by atoms with Crippen molar-refractivity contribution in [3.63, 3.8) is 0 Å². The van der Waals surface area contributed by atoms with Crippen LogP contribution in [0.4, 0.5) is 5.82 Å². The molecule has 5 N–H and O–H groups in total. The van der Waals surface area contributed by atoms with Crippen LogP contribution in [0.1, 0.15) is 103 Å². The van der Waals surface area contributed by atoms with E-state index in [1.807, 2.05) is 0 Å². The summed E-state index contributed by atoms with van der Waals surface area (Å²) in [5, 5.41) is 20.9. The molecule has 226 valence electrons. The lowest BCUT2D eigenvalue weighted by atomic mass is 10.0. The van der Waals surface area contributed by atoms with Crippen molar-refractivity contribution in [2.24, 2.45) is 0 Å². The lowest BCUT2D eigenvalue weighted by Crippen LogP contribution is -2.33. The van der Waals surface area contributed by atoms with Gasteiger partial charge in [-0.15, -0.1) is 0 Å². The molecule has 0 aliphatic carbocycles. The number of fused-ring (bicyclic) bond motifs is 1. The number of rotatable bonds is 19. The first kappa shape index (κ1) is 32.4. The van der Waals surface area contributed by atoms with Gasteiger partial charge in [-0.05, 0) is 6.42 Å². The van der Waals surface area contributed by atoms with E-state index in [0.29, 0.717) is 11.9 Å². The predicted molar refractivity (Wildman–Crippen MR) is 148 cm³/mol. The Hall–Kier alpha value is -2.15. The van der Waals surface area contributed by atoms with Crippen LogP contribution in [0.25, 0.3) is 11.2 Å². The first-order valence-electron chi connectivity index (χ1n) is 14.4. The van der Waals surface area contributed by atoms with Gasteiger partial charge in [0.15, 0.2) is 17.7 Å². The molecular weight excluding hydrogens is 542 g/mol. The van der Waals surface area contributed by atoms with Crippen molar-refractivity contribution >= 4 is 30.8 Å². The highest BCUT2D eigenvalue weighted by Gasteiger charge is 2.45. The van der Waals surface area contributed by atoms with E-state index in [0.717, 1.165) is 19.3 Å². The van der Waals surface area contributed by atoms with E-state index in [-0.39, 0.29) is 17.9 Å². The Labute approximate surface area is 235 Å². The summed E-state index contributed by atoms with van der Waals surface area (Å²) < 4.78 is 28.8. The van der Waals surface area contributed by atoms with E-state index in [1.165, 1.54) is 75.0 Å². The minimum absolute atomic E-state index is 0.00764. The largest absolute Gasteiger partial charge is 0.529 e. The number of hydrogen-bond acceptors (Lipinski definition) is 11. The van der Waals surface area contributed by atoms with Crippen LogP contribution in [0.5, 0.6) is 0 Å². The number of hydrogen-bond donors (Lipinski definition) is 4. The van der Waals surface area contributed by atoms with Crippen molar-refractivity contribution in [3.8, 4) is 0 Å². The molecule has 0 amide bonds. The number of phosphoric acid groups is 1. The maximum absolute atomic E-state index is 12.3. The fraction of sp³-hybridized carbons (Fsp3) is 0.769. The summed E-state index contributed by atoms with van der Waals surface area (Å²) in [6.45, 7) is 1.63. The first-order chi connectivity index (χ1) is 19.2. The van der Waals surface area contributed by atoms with Crippen LogP contribution in [0.3, 0.4) is 0 Å². The Balaban J connectivity index is 1.29. The smallest absolute Gasteiger partial charge is 0.387 e. The van der Waals surface area contributed by atoms with Gasteiger partial charge >= 0.3 is 13.8 Å². The van der Waals surface area contributed by atoms with Gasteiger partial charge in [0, 0.05) is 6.42 Å². The second-order valence-electron chi connectivity index (χ2n) is 10.3. The minimum atomic E-state index is -4.74. The van der Waals surface area contributed by atoms with Gasteiger partial charge in [0.1, 0.15) is 30.2 Å². The molecule has 40 heavy (non-hydrogen) atoms.